The first kappa shape index (κ1) is 9.93. The van der Waals surface area contributed by atoms with Crippen LogP contribution in [-0.4, -0.2) is 22.0 Å². The summed E-state index contributed by atoms with van der Waals surface area (Å²) >= 11 is 0. The second kappa shape index (κ2) is 3.71. The first-order valence-corrected chi connectivity index (χ1v) is 3.56. The third-order valence-electron chi connectivity index (χ3n) is 1.55. The van der Waals surface area contributed by atoms with Crippen LogP contribution in [0.25, 0.3) is 0 Å². The van der Waals surface area contributed by atoms with Gasteiger partial charge in [0.25, 0.3) is 5.91 Å². The molecule has 0 spiro atoms. The summed E-state index contributed by atoms with van der Waals surface area (Å²) in [6.45, 7) is 0. The van der Waals surface area contributed by atoms with Gasteiger partial charge in [-0.3, -0.25) is 4.79 Å². The van der Waals surface area contributed by atoms with Crippen molar-refractivity contribution in [3.05, 3.63) is 23.4 Å². The molecule has 0 aliphatic carbocycles. The number of aromatic carboxylic acids is 1. The van der Waals surface area contributed by atoms with E-state index in [1.807, 2.05) is 0 Å². The second-order valence-corrected chi connectivity index (χ2v) is 2.43. The van der Waals surface area contributed by atoms with Gasteiger partial charge in [0.15, 0.2) is 0 Å². The molecular weight excluding hydrogens is 188 g/mol. The van der Waals surface area contributed by atoms with Crippen LogP contribution >= 0.6 is 0 Å². The van der Waals surface area contributed by atoms with Crippen LogP contribution in [0, 0.1) is 0 Å². The van der Waals surface area contributed by atoms with Gasteiger partial charge in [0.2, 0.25) is 0 Å². The molecule has 1 aromatic heterocycles. The summed E-state index contributed by atoms with van der Waals surface area (Å²) in [5.41, 5.74) is 6.72. The second-order valence-electron chi connectivity index (χ2n) is 2.43. The standard InChI is InChI=1S/C7H8N4O3/c8-6(12)4-2-10-5(11-9)1-3(4)7(13)14/h1-2H,9H2,(H2,8,12)(H,10,11)(H,13,14). The zero-order valence-corrected chi connectivity index (χ0v) is 7.02. The van der Waals surface area contributed by atoms with E-state index in [4.69, 9.17) is 16.7 Å². The number of nitrogens with one attached hydrogen (secondary N) is 1. The van der Waals surface area contributed by atoms with Crippen molar-refractivity contribution >= 4 is 17.7 Å². The molecule has 0 radical (unpaired) electrons. The molecule has 0 aromatic carbocycles. The molecule has 1 aromatic rings. The quantitative estimate of drug-likeness (QED) is 0.368. The number of primary amides is 1. The fourth-order valence-electron chi connectivity index (χ4n) is 0.908. The molecule has 0 saturated heterocycles. The molecule has 0 bridgehead atoms. The van der Waals surface area contributed by atoms with E-state index in [1.165, 1.54) is 0 Å². The number of aromatic nitrogens is 1. The Hall–Kier alpha value is -2.15. The van der Waals surface area contributed by atoms with Crippen molar-refractivity contribution in [3.63, 3.8) is 0 Å². The van der Waals surface area contributed by atoms with Crippen LogP contribution in [-0.2, 0) is 0 Å². The normalized spacial score (nSPS) is 9.50. The van der Waals surface area contributed by atoms with Crippen LogP contribution in [0.3, 0.4) is 0 Å². The van der Waals surface area contributed by atoms with Crippen molar-refractivity contribution < 1.29 is 14.7 Å². The van der Waals surface area contributed by atoms with E-state index in [-0.39, 0.29) is 16.9 Å². The Morgan fingerprint density at radius 1 is 1.43 bits per heavy atom. The topological polar surface area (TPSA) is 131 Å². The van der Waals surface area contributed by atoms with E-state index in [0.29, 0.717) is 0 Å². The fourth-order valence-corrected chi connectivity index (χ4v) is 0.908. The largest absolute Gasteiger partial charge is 0.478 e. The average molecular weight is 196 g/mol. The number of carbonyl (C=O) groups is 2. The summed E-state index contributed by atoms with van der Waals surface area (Å²) in [6.07, 6.45) is 1.06. The Morgan fingerprint density at radius 3 is 2.50 bits per heavy atom. The Morgan fingerprint density at radius 2 is 2.07 bits per heavy atom. The van der Waals surface area contributed by atoms with Gasteiger partial charge in [0, 0.05) is 6.20 Å². The van der Waals surface area contributed by atoms with Gasteiger partial charge >= 0.3 is 5.97 Å². The van der Waals surface area contributed by atoms with Crippen LogP contribution in [0.5, 0.6) is 0 Å². The third-order valence-corrected chi connectivity index (χ3v) is 1.55. The molecule has 1 rings (SSSR count). The van der Waals surface area contributed by atoms with E-state index < -0.39 is 11.9 Å². The summed E-state index contributed by atoms with van der Waals surface area (Å²) in [4.78, 5) is 25.1. The smallest absolute Gasteiger partial charge is 0.336 e. The van der Waals surface area contributed by atoms with E-state index in [9.17, 15) is 9.59 Å². The Bertz CT molecular complexity index is 391. The fraction of sp³-hybridized carbons (Fsp3) is 0. The van der Waals surface area contributed by atoms with Gasteiger partial charge in [0.1, 0.15) is 5.82 Å². The lowest BCUT2D eigenvalue weighted by Crippen LogP contribution is -2.18. The minimum absolute atomic E-state index is 0.146. The lowest BCUT2D eigenvalue weighted by Gasteiger charge is -2.04. The maximum atomic E-state index is 10.8. The van der Waals surface area contributed by atoms with E-state index in [0.717, 1.165) is 12.3 Å². The number of carboxylic acid groups (broad SMARTS) is 1. The van der Waals surface area contributed by atoms with E-state index in [2.05, 4.69) is 10.4 Å². The first-order chi connectivity index (χ1) is 6.56. The number of nitrogens with two attached hydrogens (primary N) is 2. The highest BCUT2D eigenvalue weighted by molar-refractivity contribution is 6.04. The number of pyridine rings is 1. The molecule has 74 valence electrons. The van der Waals surface area contributed by atoms with Crippen molar-refractivity contribution in [3.8, 4) is 0 Å². The third kappa shape index (κ3) is 1.77. The van der Waals surface area contributed by atoms with Gasteiger partial charge in [-0.15, -0.1) is 0 Å². The maximum Gasteiger partial charge on any atom is 0.336 e. The van der Waals surface area contributed by atoms with Crippen molar-refractivity contribution in [2.24, 2.45) is 11.6 Å². The molecule has 6 N–H and O–H groups in total. The molecule has 7 nitrogen and oxygen atoms in total. The van der Waals surface area contributed by atoms with Crippen LogP contribution < -0.4 is 17.0 Å². The molecule has 0 saturated carbocycles. The van der Waals surface area contributed by atoms with Gasteiger partial charge in [-0.25, -0.2) is 15.6 Å². The average Bonchev–Trinajstić information content (AvgIpc) is 2.16. The summed E-state index contributed by atoms with van der Waals surface area (Å²) in [6, 6.07) is 1.13. The van der Waals surface area contributed by atoms with Gasteiger partial charge < -0.3 is 16.3 Å². The number of nitrogen functional groups attached to an aromatic ring is 1. The number of hydrogen-bond donors (Lipinski definition) is 4. The van der Waals surface area contributed by atoms with Crippen LogP contribution in [0.1, 0.15) is 20.7 Å². The van der Waals surface area contributed by atoms with Gasteiger partial charge in [0.05, 0.1) is 11.1 Å². The highest BCUT2D eigenvalue weighted by Gasteiger charge is 2.15. The Labute approximate surface area is 78.7 Å². The predicted octanol–water partition coefficient (Wildman–Crippen LogP) is -0.836. The lowest BCUT2D eigenvalue weighted by molar-refractivity contribution is 0.0692. The summed E-state index contributed by atoms with van der Waals surface area (Å²) in [5.74, 6) is 3.05. The SMILES string of the molecule is NNc1cc(C(=O)O)c(C(N)=O)cn1. The molecule has 0 unspecified atom stereocenters. The van der Waals surface area contributed by atoms with Crippen molar-refractivity contribution in [2.75, 3.05) is 5.43 Å². The van der Waals surface area contributed by atoms with Crippen molar-refractivity contribution in [1.82, 2.24) is 4.98 Å². The monoisotopic (exact) mass is 196 g/mol. The van der Waals surface area contributed by atoms with Gasteiger partial charge in [-0.2, -0.15) is 0 Å². The van der Waals surface area contributed by atoms with Crippen LogP contribution in [0.2, 0.25) is 0 Å². The van der Waals surface area contributed by atoms with E-state index in [1.54, 1.807) is 0 Å². The molecule has 7 heteroatoms. The van der Waals surface area contributed by atoms with Crippen LogP contribution in [0.15, 0.2) is 12.3 Å². The summed E-state index contributed by atoms with van der Waals surface area (Å²) < 4.78 is 0. The maximum absolute atomic E-state index is 10.8. The zero-order valence-electron chi connectivity index (χ0n) is 7.02. The van der Waals surface area contributed by atoms with E-state index >= 15 is 0 Å². The number of hydrazine groups is 1. The molecule has 1 amide bonds. The van der Waals surface area contributed by atoms with Crippen molar-refractivity contribution in [1.29, 1.82) is 0 Å². The molecule has 0 aliphatic rings. The Balaban J connectivity index is 3.31. The summed E-state index contributed by atoms with van der Waals surface area (Å²) in [5, 5.41) is 8.73. The highest BCUT2D eigenvalue weighted by atomic mass is 16.4. The molecule has 1 heterocycles. The number of carboxylic acids is 1. The number of hydrogen-bond acceptors (Lipinski definition) is 5. The molecule has 0 fully saturated rings. The Kier molecular flexibility index (Phi) is 2.63. The lowest BCUT2D eigenvalue weighted by atomic mass is 10.1. The highest BCUT2D eigenvalue weighted by Crippen LogP contribution is 2.11. The zero-order chi connectivity index (χ0) is 10.7. The number of anilines is 1. The van der Waals surface area contributed by atoms with Gasteiger partial charge in [-0.05, 0) is 6.07 Å². The molecule has 0 atom stereocenters. The molecule has 0 aliphatic heterocycles. The first-order valence-electron chi connectivity index (χ1n) is 3.56. The van der Waals surface area contributed by atoms with Crippen LogP contribution in [0.4, 0.5) is 5.82 Å². The number of amides is 1. The predicted molar refractivity (Wildman–Crippen MR) is 47.5 cm³/mol. The number of rotatable bonds is 3. The minimum Gasteiger partial charge on any atom is -0.478 e. The van der Waals surface area contributed by atoms with Crippen molar-refractivity contribution in [2.45, 2.75) is 0 Å². The number of nitrogens with zero attached hydrogens (tertiary/aromatic N) is 1. The minimum atomic E-state index is -1.27. The molecule has 14 heavy (non-hydrogen) atoms. The van der Waals surface area contributed by atoms with Gasteiger partial charge in [-0.1, -0.05) is 0 Å². The molecular formula is C7H8N4O3. The number of carbonyl (C=O) groups excluding carboxylic acids is 1. The summed E-state index contributed by atoms with van der Waals surface area (Å²) in [7, 11) is 0.